The summed E-state index contributed by atoms with van der Waals surface area (Å²) in [6, 6.07) is 9.21. The molecule has 0 spiro atoms. The minimum atomic E-state index is 0.491. The number of aromatic nitrogens is 4. The molecule has 1 saturated heterocycles. The van der Waals surface area contributed by atoms with E-state index in [-0.39, 0.29) is 0 Å². The van der Waals surface area contributed by atoms with Crippen molar-refractivity contribution >= 4 is 11.8 Å². The highest BCUT2D eigenvalue weighted by atomic mass is 32.2. The number of hydrogen-bond donors (Lipinski definition) is 0. The van der Waals surface area contributed by atoms with Gasteiger partial charge in [0.05, 0.1) is 6.54 Å². The number of hydrogen-bond acceptors (Lipinski definition) is 6. The predicted octanol–water partition coefficient (Wildman–Crippen LogP) is 2.60. The summed E-state index contributed by atoms with van der Waals surface area (Å²) in [4.78, 5) is 3.89. The molecule has 0 bridgehead atoms. The molecule has 0 radical (unpaired) electrons. The van der Waals surface area contributed by atoms with Crippen molar-refractivity contribution in [2.24, 2.45) is 5.92 Å². The van der Waals surface area contributed by atoms with Gasteiger partial charge in [-0.05, 0) is 47.7 Å². The van der Waals surface area contributed by atoms with Gasteiger partial charge in [0.25, 0.3) is 0 Å². The van der Waals surface area contributed by atoms with E-state index >= 15 is 0 Å². The average molecular weight is 359 g/mol. The van der Waals surface area contributed by atoms with Crippen LogP contribution in [0.4, 0.5) is 0 Å². The third-order valence-electron chi connectivity index (χ3n) is 5.17. The molecule has 6 nitrogen and oxygen atoms in total. The molecule has 25 heavy (non-hydrogen) atoms. The molecule has 2 aliphatic rings. The molecule has 1 fully saturated rings. The molecule has 0 aliphatic carbocycles. The number of rotatable bonds is 4. The van der Waals surface area contributed by atoms with Gasteiger partial charge in [-0.25, -0.2) is 4.68 Å². The fourth-order valence-electron chi connectivity index (χ4n) is 3.51. The standard InChI is InChI=1S/C18H25N5OS/c1-14-13-25-17-5-3-2-4-16(17)11-22(14)12-18-19-20-21-23(18)10-15-6-8-24-9-7-15/h2-5,14-15H,6-13H2,1H3. The van der Waals surface area contributed by atoms with Crippen LogP contribution in [-0.2, 0) is 24.4 Å². The van der Waals surface area contributed by atoms with Crippen molar-refractivity contribution in [3.05, 3.63) is 35.7 Å². The fraction of sp³-hybridized carbons (Fsp3) is 0.611. The van der Waals surface area contributed by atoms with E-state index < -0.39 is 0 Å². The number of thioether (sulfide) groups is 1. The highest BCUT2D eigenvalue weighted by Crippen LogP contribution is 2.30. The maximum atomic E-state index is 5.46. The van der Waals surface area contributed by atoms with Crippen LogP contribution in [0, 0.1) is 5.92 Å². The molecule has 1 atom stereocenters. The van der Waals surface area contributed by atoms with Gasteiger partial charge in [-0.1, -0.05) is 18.2 Å². The quantitative estimate of drug-likeness (QED) is 0.836. The van der Waals surface area contributed by atoms with Gasteiger partial charge in [0, 0.05) is 43.0 Å². The Hall–Kier alpha value is -1.44. The van der Waals surface area contributed by atoms with E-state index in [1.54, 1.807) is 0 Å². The van der Waals surface area contributed by atoms with Gasteiger partial charge in [0.15, 0.2) is 5.82 Å². The van der Waals surface area contributed by atoms with Gasteiger partial charge in [-0.15, -0.1) is 16.9 Å². The first kappa shape index (κ1) is 17.0. The molecule has 134 valence electrons. The Bertz CT molecular complexity index is 700. The molecule has 0 saturated carbocycles. The second kappa shape index (κ2) is 7.85. The van der Waals surface area contributed by atoms with Crippen molar-refractivity contribution in [2.45, 2.75) is 50.3 Å². The number of nitrogens with zero attached hydrogens (tertiary/aromatic N) is 5. The third-order valence-corrected chi connectivity index (χ3v) is 6.53. The molecule has 3 heterocycles. The molecule has 7 heteroatoms. The summed E-state index contributed by atoms with van der Waals surface area (Å²) in [6.07, 6.45) is 2.20. The minimum absolute atomic E-state index is 0.491. The molecule has 1 aromatic heterocycles. The van der Waals surface area contributed by atoms with Gasteiger partial charge in [0.2, 0.25) is 0 Å². The lowest BCUT2D eigenvalue weighted by Gasteiger charge is -2.27. The van der Waals surface area contributed by atoms with Crippen molar-refractivity contribution in [2.75, 3.05) is 19.0 Å². The van der Waals surface area contributed by atoms with Gasteiger partial charge >= 0.3 is 0 Å². The van der Waals surface area contributed by atoms with Gasteiger partial charge < -0.3 is 4.74 Å². The van der Waals surface area contributed by atoms with Gasteiger partial charge in [0.1, 0.15) is 0 Å². The summed E-state index contributed by atoms with van der Waals surface area (Å²) in [6.45, 7) is 6.67. The molecular formula is C18H25N5OS. The minimum Gasteiger partial charge on any atom is -0.381 e. The van der Waals surface area contributed by atoms with E-state index in [0.29, 0.717) is 12.0 Å². The van der Waals surface area contributed by atoms with Crippen molar-refractivity contribution in [1.82, 2.24) is 25.1 Å². The van der Waals surface area contributed by atoms with E-state index in [2.05, 4.69) is 51.6 Å². The van der Waals surface area contributed by atoms with Gasteiger partial charge in [-0.3, -0.25) is 4.90 Å². The molecule has 2 aromatic rings. The molecule has 2 aliphatic heterocycles. The molecule has 1 unspecified atom stereocenters. The maximum absolute atomic E-state index is 5.46. The Labute approximate surface area is 152 Å². The smallest absolute Gasteiger partial charge is 0.165 e. The Morgan fingerprint density at radius 3 is 2.96 bits per heavy atom. The Morgan fingerprint density at radius 1 is 1.24 bits per heavy atom. The van der Waals surface area contributed by atoms with Crippen molar-refractivity contribution in [3.63, 3.8) is 0 Å². The summed E-state index contributed by atoms with van der Waals surface area (Å²) in [7, 11) is 0. The van der Waals surface area contributed by atoms with Crippen LogP contribution >= 0.6 is 11.8 Å². The summed E-state index contributed by atoms with van der Waals surface area (Å²) in [5, 5.41) is 12.5. The Kier molecular flexibility index (Phi) is 5.33. The number of benzene rings is 1. The lowest BCUT2D eigenvalue weighted by molar-refractivity contribution is 0.0592. The van der Waals surface area contributed by atoms with Crippen molar-refractivity contribution in [3.8, 4) is 0 Å². The first-order valence-electron chi connectivity index (χ1n) is 9.07. The first-order valence-corrected chi connectivity index (χ1v) is 10.1. The highest BCUT2D eigenvalue weighted by molar-refractivity contribution is 7.99. The SMILES string of the molecule is CC1CSc2ccccc2CN1Cc1nnnn1CC1CCOCC1. The van der Waals surface area contributed by atoms with E-state index in [4.69, 9.17) is 4.74 Å². The molecule has 0 amide bonds. The van der Waals surface area contributed by atoms with Crippen LogP contribution in [0.3, 0.4) is 0 Å². The van der Waals surface area contributed by atoms with E-state index in [1.807, 2.05) is 16.4 Å². The Morgan fingerprint density at radius 2 is 2.08 bits per heavy atom. The molecule has 1 aromatic carbocycles. The zero-order valence-corrected chi connectivity index (χ0v) is 15.5. The zero-order valence-electron chi connectivity index (χ0n) is 14.7. The number of fused-ring (bicyclic) bond motifs is 1. The van der Waals surface area contributed by atoms with Crippen LogP contribution in [0.25, 0.3) is 0 Å². The summed E-state index contributed by atoms with van der Waals surface area (Å²) in [5.74, 6) is 2.69. The largest absolute Gasteiger partial charge is 0.381 e. The topological polar surface area (TPSA) is 56.1 Å². The zero-order chi connectivity index (χ0) is 17.1. The van der Waals surface area contributed by atoms with Crippen molar-refractivity contribution < 1.29 is 4.74 Å². The second-order valence-electron chi connectivity index (χ2n) is 7.01. The third kappa shape index (κ3) is 4.04. The van der Waals surface area contributed by atoms with Crippen LogP contribution in [0.15, 0.2) is 29.2 Å². The van der Waals surface area contributed by atoms with Crippen LogP contribution in [-0.4, -0.2) is 50.1 Å². The lowest BCUT2D eigenvalue weighted by Crippen LogP contribution is -2.34. The second-order valence-corrected chi connectivity index (χ2v) is 8.07. The highest BCUT2D eigenvalue weighted by Gasteiger charge is 2.24. The summed E-state index contributed by atoms with van der Waals surface area (Å²) in [5.41, 5.74) is 1.40. The monoisotopic (exact) mass is 359 g/mol. The first-order chi connectivity index (χ1) is 12.3. The number of ether oxygens (including phenoxy) is 1. The van der Waals surface area contributed by atoms with E-state index in [0.717, 1.165) is 57.3 Å². The van der Waals surface area contributed by atoms with Gasteiger partial charge in [-0.2, -0.15) is 0 Å². The molecular weight excluding hydrogens is 334 g/mol. The van der Waals surface area contributed by atoms with E-state index in [1.165, 1.54) is 10.5 Å². The van der Waals surface area contributed by atoms with Crippen LogP contribution < -0.4 is 0 Å². The Balaban J connectivity index is 1.47. The lowest BCUT2D eigenvalue weighted by atomic mass is 10.0. The maximum Gasteiger partial charge on any atom is 0.165 e. The predicted molar refractivity (Wildman–Crippen MR) is 97.2 cm³/mol. The summed E-state index contributed by atoms with van der Waals surface area (Å²) >= 11 is 1.95. The fourth-order valence-corrected chi connectivity index (χ4v) is 4.64. The van der Waals surface area contributed by atoms with E-state index in [9.17, 15) is 0 Å². The van der Waals surface area contributed by atoms with Crippen LogP contribution in [0.2, 0.25) is 0 Å². The van der Waals surface area contributed by atoms with Crippen LogP contribution in [0.5, 0.6) is 0 Å². The summed E-state index contributed by atoms with van der Waals surface area (Å²) < 4.78 is 7.47. The number of tetrazole rings is 1. The van der Waals surface area contributed by atoms with Crippen molar-refractivity contribution in [1.29, 1.82) is 0 Å². The normalized spacial score (nSPS) is 22.5. The molecule has 0 N–H and O–H groups in total. The average Bonchev–Trinajstić information content (AvgIpc) is 3.00. The van der Waals surface area contributed by atoms with Crippen LogP contribution in [0.1, 0.15) is 31.2 Å². The molecule has 4 rings (SSSR count).